The van der Waals surface area contributed by atoms with Crippen molar-refractivity contribution in [3.05, 3.63) is 0 Å². The summed E-state index contributed by atoms with van der Waals surface area (Å²) >= 11 is 0. The Balaban J connectivity index is 2.09. The molecule has 6 heteroatoms. The third kappa shape index (κ3) is 2.25. The molecule has 2 amide bonds. The Morgan fingerprint density at radius 2 is 2.17 bits per heavy atom. The third-order valence-corrected chi connectivity index (χ3v) is 3.77. The van der Waals surface area contributed by atoms with Crippen molar-refractivity contribution in [2.45, 2.75) is 44.7 Å². The highest BCUT2D eigenvalue weighted by atomic mass is 16.4. The zero-order valence-electron chi connectivity index (χ0n) is 10.5. The van der Waals surface area contributed by atoms with E-state index in [0.717, 1.165) is 12.8 Å². The van der Waals surface area contributed by atoms with Crippen LogP contribution in [0.5, 0.6) is 0 Å². The number of carbonyl (C=O) groups is 3. The molecule has 2 atom stereocenters. The van der Waals surface area contributed by atoms with Crippen molar-refractivity contribution in [1.29, 1.82) is 0 Å². The number of aliphatic carboxylic acids is 1. The van der Waals surface area contributed by atoms with E-state index in [1.165, 1.54) is 4.90 Å². The molecule has 0 radical (unpaired) electrons. The minimum absolute atomic E-state index is 0.0457. The lowest BCUT2D eigenvalue weighted by Crippen LogP contribution is -2.45. The molecule has 0 saturated carbocycles. The number of nitrogens with zero attached hydrogens (tertiary/aromatic N) is 2. The SMILES string of the molecule is CCN1C(=O)CC(N2CCCC2CC(=O)O)C1=O. The molecule has 2 heterocycles. The van der Waals surface area contributed by atoms with Crippen molar-refractivity contribution in [2.24, 2.45) is 0 Å². The van der Waals surface area contributed by atoms with Crippen molar-refractivity contribution in [1.82, 2.24) is 9.80 Å². The summed E-state index contributed by atoms with van der Waals surface area (Å²) in [5.41, 5.74) is 0. The average Bonchev–Trinajstić information content (AvgIpc) is 2.83. The van der Waals surface area contributed by atoms with Gasteiger partial charge in [0, 0.05) is 12.6 Å². The maximum absolute atomic E-state index is 12.1. The standard InChI is InChI=1S/C12H18N2O4/c1-2-13-10(15)7-9(12(13)18)14-5-3-4-8(14)6-11(16)17/h8-9H,2-7H2,1H3,(H,16,17). The molecule has 0 aromatic rings. The first-order chi connectivity index (χ1) is 8.54. The predicted octanol–water partition coefficient (Wildman–Crippen LogP) is 0.0729. The Morgan fingerprint density at radius 3 is 2.72 bits per heavy atom. The number of likely N-dealkylation sites (tertiary alicyclic amines) is 2. The van der Waals surface area contributed by atoms with Crippen LogP contribution >= 0.6 is 0 Å². The maximum Gasteiger partial charge on any atom is 0.304 e. The van der Waals surface area contributed by atoms with Crippen molar-refractivity contribution in [2.75, 3.05) is 13.1 Å². The van der Waals surface area contributed by atoms with Crippen molar-refractivity contribution >= 4 is 17.8 Å². The number of imide groups is 1. The number of hydrogen-bond acceptors (Lipinski definition) is 4. The van der Waals surface area contributed by atoms with Crippen LogP contribution < -0.4 is 0 Å². The molecule has 0 aliphatic carbocycles. The van der Waals surface area contributed by atoms with Gasteiger partial charge >= 0.3 is 5.97 Å². The Kier molecular flexibility index (Phi) is 3.65. The molecule has 2 aliphatic heterocycles. The van der Waals surface area contributed by atoms with Crippen LogP contribution in [0.2, 0.25) is 0 Å². The van der Waals surface area contributed by atoms with E-state index < -0.39 is 12.0 Å². The molecular weight excluding hydrogens is 236 g/mol. The van der Waals surface area contributed by atoms with Crippen molar-refractivity contribution < 1.29 is 19.5 Å². The molecule has 0 bridgehead atoms. The van der Waals surface area contributed by atoms with Gasteiger partial charge in [0.15, 0.2) is 0 Å². The molecule has 0 spiro atoms. The Morgan fingerprint density at radius 1 is 1.44 bits per heavy atom. The lowest BCUT2D eigenvalue weighted by molar-refractivity contribution is -0.142. The maximum atomic E-state index is 12.1. The Labute approximate surface area is 106 Å². The van der Waals surface area contributed by atoms with Crippen LogP contribution in [0.15, 0.2) is 0 Å². The van der Waals surface area contributed by atoms with Crippen LogP contribution in [0.4, 0.5) is 0 Å². The van der Waals surface area contributed by atoms with Gasteiger partial charge in [0.25, 0.3) is 0 Å². The summed E-state index contributed by atoms with van der Waals surface area (Å²) in [4.78, 5) is 37.7. The van der Waals surface area contributed by atoms with Crippen LogP contribution in [-0.4, -0.2) is 57.9 Å². The first kappa shape index (κ1) is 13.0. The third-order valence-electron chi connectivity index (χ3n) is 3.77. The average molecular weight is 254 g/mol. The Bertz CT molecular complexity index is 382. The van der Waals surface area contributed by atoms with Gasteiger partial charge in [0.2, 0.25) is 11.8 Å². The molecule has 18 heavy (non-hydrogen) atoms. The van der Waals surface area contributed by atoms with Gasteiger partial charge in [-0.2, -0.15) is 0 Å². The smallest absolute Gasteiger partial charge is 0.304 e. The first-order valence-electron chi connectivity index (χ1n) is 6.36. The van der Waals surface area contributed by atoms with Crippen LogP contribution in [0.3, 0.4) is 0 Å². The highest BCUT2D eigenvalue weighted by Gasteiger charge is 2.44. The van der Waals surface area contributed by atoms with Crippen molar-refractivity contribution in [3.63, 3.8) is 0 Å². The quantitative estimate of drug-likeness (QED) is 0.718. The molecule has 0 aromatic carbocycles. The van der Waals surface area contributed by atoms with E-state index in [-0.39, 0.29) is 30.7 Å². The molecule has 2 saturated heterocycles. The summed E-state index contributed by atoms with van der Waals surface area (Å²) in [6.07, 6.45) is 1.92. The fourth-order valence-corrected chi connectivity index (χ4v) is 2.95. The number of carboxylic acids is 1. The van der Waals surface area contributed by atoms with Gasteiger partial charge in [0.05, 0.1) is 18.9 Å². The van der Waals surface area contributed by atoms with Gasteiger partial charge in [-0.05, 0) is 26.3 Å². The number of hydrogen-bond donors (Lipinski definition) is 1. The van der Waals surface area contributed by atoms with E-state index in [4.69, 9.17) is 5.11 Å². The topological polar surface area (TPSA) is 77.9 Å². The number of amides is 2. The molecule has 2 unspecified atom stereocenters. The molecule has 0 aromatic heterocycles. The summed E-state index contributed by atoms with van der Waals surface area (Å²) in [5, 5.41) is 8.86. The van der Waals surface area contributed by atoms with Crippen LogP contribution in [0, 0.1) is 0 Å². The zero-order chi connectivity index (χ0) is 13.3. The van der Waals surface area contributed by atoms with Gasteiger partial charge in [-0.25, -0.2) is 0 Å². The minimum Gasteiger partial charge on any atom is -0.481 e. The fraction of sp³-hybridized carbons (Fsp3) is 0.750. The second-order valence-electron chi connectivity index (χ2n) is 4.83. The van der Waals surface area contributed by atoms with Crippen LogP contribution in [-0.2, 0) is 14.4 Å². The summed E-state index contributed by atoms with van der Waals surface area (Å²) in [5.74, 6) is -1.16. The zero-order valence-corrected chi connectivity index (χ0v) is 10.5. The van der Waals surface area contributed by atoms with E-state index >= 15 is 0 Å². The molecule has 100 valence electrons. The molecule has 6 nitrogen and oxygen atoms in total. The highest BCUT2D eigenvalue weighted by Crippen LogP contribution is 2.28. The molecule has 2 fully saturated rings. The number of carbonyl (C=O) groups excluding carboxylic acids is 2. The number of carboxylic acid groups (broad SMARTS) is 1. The summed E-state index contributed by atoms with van der Waals surface area (Å²) in [6, 6.07) is -0.551. The fourth-order valence-electron chi connectivity index (χ4n) is 2.95. The van der Waals surface area contributed by atoms with Gasteiger partial charge < -0.3 is 5.11 Å². The molecule has 1 N–H and O–H groups in total. The van der Waals surface area contributed by atoms with E-state index in [0.29, 0.717) is 13.1 Å². The van der Waals surface area contributed by atoms with E-state index in [1.54, 1.807) is 6.92 Å². The Hall–Kier alpha value is -1.43. The predicted molar refractivity (Wildman–Crippen MR) is 62.8 cm³/mol. The second-order valence-corrected chi connectivity index (χ2v) is 4.83. The normalized spacial score (nSPS) is 29.3. The lowest BCUT2D eigenvalue weighted by Gasteiger charge is -2.27. The van der Waals surface area contributed by atoms with E-state index in [2.05, 4.69) is 0 Å². The van der Waals surface area contributed by atoms with Gasteiger partial charge in [0.1, 0.15) is 0 Å². The largest absolute Gasteiger partial charge is 0.481 e. The monoisotopic (exact) mass is 254 g/mol. The van der Waals surface area contributed by atoms with Crippen molar-refractivity contribution in [3.8, 4) is 0 Å². The highest BCUT2D eigenvalue weighted by molar-refractivity contribution is 6.05. The summed E-state index contributed by atoms with van der Waals surface area (Å²) < 4.78 is 0. The van der Waals surface area contributed by atoms with Crippen LogP contribution in [0.1, 0.15) is 32.6 Å². The number of rotatable bonds is 4. The minimum atomic E-state index is -0.851. The van der Waals surface area contributed by atoms with Gasteiger partial charge in [-0.15, -0.1) is 0 Å². The van der Waals surface area contributed by atoms with Gasteiger partial charge in [-0.3, -0.25) is 24.2 Å². The van der Waals surface area contributed by atoms with E-state index in [9.17, 15) is 14.4 Å². The first-order valence-corrected chi connectivity index (χ1v) is 6.36. The summed E-state index contributed by atoms with van der Waals surface area (Å²) in [6.45, 7) is 2.88. The second kappa shape index (κ2) is 5.06. The molecular formula is C12H18N2O4. The lowest BCUT2D eigenvalue weighted by atomic mass is 10.1. The number of likely N-dealkylation sites (N-methyl/N-ethyl adjacent to an activating group) is 1. The molecule has 2 aliphatic rings. The molecule has 2 rings (SSSR count). The van der Waals surface area contributed by atoms with Gasteiger partial charge in [-0.1, -0.05) is 0 Å². The van der Waals surface area contributed by atoms with Crippen LogP contribution in [0.25, 0.3) is 0 Å². The van der Waals surface area contributed by atoms with E-state index in [1.807, 2.05) is 4.90 Å². The summed E-state index contributed by atoms with van der Waals surface area (Å²) in [7, 11) is 0.